The normalized spacial score (nSPS) is 12.1. The number of hydrogen-bond acceptors (Lipinski definition) is 3. The zero-order valence-electron chi connectivity index (χ0n) is 12.6. The van der Waals surface area contributed by atoms with Crippen molar-refractivity contribution in [2.24, 2.45) is 5.92 Å². The van der Waals surface area contributed by atoms with Crippen molar-refractivity contribution in [2.75, 3.05) is 13.2 Å². The molecular formula is C16H21N3O3. The van der Waals surface area contributed by atoms with Gasteiger partial charge in [-0.15, -0.1) is 0 Å². The van der Waals surface area contributed by atoms with Gasteiger partial charge in [0.05, 0.1) is 0 Å². The molecule has 1 aromatic heterocycles. The highest BCUT2D eigenvalue weighted by Gasteiger charge is 2.07. The predicted molar refractivity (Wildman–Crippen MR) is 85.7 cm³/mol. The number of H-pyrrole nitrogens is 1. The van der Waals surface area contributed by atoms with E-state index in [0.29, 0.717) is 13.0 Å². The van der Waals surface area contributed by atoms with Crippen LogP contribution < -0.4 is 16.2 Å². The van der Waals surface area contributed by atoms with Crippen molar-refractivity contribution in [1.82, 2.24) is 15.6 Å². The maximum atomic E-state index is 11.8. The number of fused-ring (bicyclic) bond motifs is 1. The summed E-state index contributed by atoms with van der Waals surface area (Å²) in [6.45, 7) is 2.86. The lowest BCUT2D eigenvalue weighted by atomic mass is 10.1. The molecule has 0 bridgehead atoms. The molecule has 2 aromatic rings. The van der Waals surface area contributed by atoms with Crippen LogP contribution in [0.1, 0.15) is 18.9 Å². The van der Waals surface area contributed by atoms with Crippen LogP contribution in [0, 0.1) is 5.92 Å². The van der Waals surface area contributed by atoms with Crippen LogP contribution in [0.25, 0.3) is 10.9 Å². The summed E-state index contributed by atoms with van der Waals surface area (Å²) in [6.07, 6.45) is 0.652. The summed E-state index contributed by atoms with van der Waals surface area (Å²) in [6, 6.07) is 8.69. The van der Waals surface area contributed by atoms with Crippen LogP contribution in [0.2, 0.25) is 0 Å². The average Bonchev–Trinajstić information content (AvgIpc) is 2.50. The Kier molecular flexibility index (Phi) is 5.55. The summed E-state index contributed by atoms with van der Waals surface area (Å²) in [4.78, 5) is 26.2. The van der Waals surface area contributed by atoms with Crippen LogP contribution >= 0.6 is 0 Å². The van der Waals surface area contributed by atoms with Crippen LogP contribution in [0.15, 0.2) is 35.1 Å². The van der Waals surface area contributed by atoms with Gasteiger partial charge in [-0.2, -0.15) is 0 Å². The van der Waals surface area contributed by atoms with E-state index in [0.717, 1.165) is 16.5 Å². The Balaban J connectivity index is 1.97. The number of rotatable bonds is 6. The molecule has 6 nitrogen and oxygen atoms in total. The first-order valence-electron chi connectivity index (χ1n) is 7.33. The molecule has 0 fully saturated rings. The molecule has 118 valence electrons. The topological polar surface area (TPSA) is 94.2 Å². The second-order valence-electron chi connectivity index (χ2n) is 5.39. The number of nitrogens with one attached hydrogen (secondary N) is 3. The van der Waals surface area contributed by atoms with Crippen LogP contribution in [0.5, 0.6) is 0 Å². The number of aliphatic hydroxyl groups excluding tert-OH is 1. The lowest BCUT2D eigenvalue weighted by Gasteiger charge is -2.12. The highest BCUT2D eigenvalue weighted by atomic mass is 16.3. The van der Waals surface area contributed by atoms with Gasteiger partial charge in [0.1, 0.15) is 0 Å². The average molecular weight is 303 g/mol. The molecule has 1 aromatic carbocycles. The number of carbonyl (C=O) groups is 1. The summed E-state index contributed by atoms with van der Waals surface area (Å²) < 4.78 is 0. The van der Waals surface area contributed by atoms with Crippen molar-refractivity contribution in [3.05, 3.63) is 46.2 Å². The zero-order chi connectivity index (χ0) is 15.9. The largest absolute Gasteiger partial charge is 0.396 e. The monoisotopic (exact) mass is 303 g/mol. The SMILES string of the molecule is CC(CCO)CNC(=O)NCc1cc(=O)[nH]c2ccccc12. The molecule has 0 aliphatic heterocycles. The summed E-state index contributed by atoms with van der Waals surface area (Å²) in [5.74, 6) is 0.219. The Hall–Kier alpha value is -2.34. The van der Waals surface area contributed by atoms with Gasteiger partial charge in [-0.25, -0.2) is 4.79 Å². The molecule has 1 heterocycles. The van der Waals surface area contributed by atoms with Crippen molar-refractivity contribution in [3.63, 3.8) is 0 Å². The molecule has 2 rings (SSSR count). The fraction of sp³-hybridized carbons (Fsp3) is 0.375. The second kappa shape index (κ2) is 7.61. The van der Waals surface area contributed by atoms with E-state index in [-0.39, 0.29) is 30.7 Å². The third-order valence-corrected chi connectivity index (χ3v) is 3.51. The molecule has 2 amide bonds. The van der Waals surface area contributed by atoms with Gasteiger partial charge in [0.15, 0.2) is 0 Å². The van der Waals surface area contributed by atoms with E-state index >= 15 is 0 Å². The van der Waals surface area contributed by atoms with Gasteiger partial charge < -0.3 is 20.7 Å². The first-order chi connectivity index (χ1) is 10.6. The molecule has 0 saturated carbocycles. The van der Waals surface area contributed by atoms with Gasteiger partial charge in [0.2, 0.25) is 5.56 Å². The number of aliphatic hydroxyl groups is 1. The number of hydrogen-bond donors (Lipinski definition) is 4. The van der Waals surface area contributed by atoms with Crippen molar-refractivity contribution >= 4 is 16.9 Å². The molecule has 0 aliphatic rings. The van der Waals surface area contributed by atoms with E-state index in [1.165, 1.54) is 6.07 Å². The molecule has 0 aliphatic carbocycles. The predicted octanol–water partition coefficient (Wildman–Crippen LogP) is 1.35. The molecule has 4 N–H and O–H groups in total. The maximum Gasteiger partial charge on any atom is 0.315 e. The second-order valence-corrected chi connectivity index (χ2v) is 5.39. The molecule has 1 atom stereocenters. The Morgan fingerprint density at radius 3 is 2.86 bits per heavy atom. The fourth-order valence-corrected chi connectivity index (χ4v) is 2.25. The summed E-state index contributed by atoms with van der Waals surface area (Å²) in [5, 5.41) is 15.2. The van der Waals surface area contributed by atoms with Crippen LogP contribution in [0.4, 0.5) is 4.79 Å². The van der Waals surface area contributed by atoms with Gasteiger partial charge in [-0.1, -0.05) is 25.1 Å². The van der Waals surface area contributed by atoms with Gasteiger partial charge >= 0.3 is 6.03 Å². The molecule has 6 heteroatoms. The maximum absolute atomic E-state index is 11.8. The number of amides is 2. The van der Waals surface area contributed by atoms with Crippen molar-refractivity contribution in [3.8, 4) is 0 Å². The van der Waals surface area contributed by atoms with Crippen molar-refractivity contribution in [1.29, 1.82) is 0 Å². The highest BCUT2D eigenvalue weighted by molar-refractivity contribution is 5.82. The van der Waals surface area contributed by atoms with E-state index in [4.69, 9.17) is 5.11 Å². The van der Waals surface area contributed by atoms with Gasteiger partial charge in [-0.3, -0.25) is 4.79 Å². The quantitative estimate of drug-likeness (QED) is 0.649. The molecule has 1 unspecified atom stereocenters. The number of aromatic nitrogens is 1. The summed E-state index contributed by atoms with van der Waals surface area (Å²) >= 11 is 0. The standard InChI is InChI=1S/C16H21N3O3/c1-11(6-7-20)9-17-16(22)18-10-12-8-15(21)19-14-5-3-2-4-13(12)14/h2-5,8,11,20H,6-7,9-10H2,1H3,(H,19,21)(H2,17,18,22). The number of urea groups is 1. The molecular weight excluding hydrogens is 282 g/mol. The summed E-state index contributed by atoms with van der Waals surface area (Å²) in [7, 11) is 0. The number of pyridine rings is 1. The van der Waals surface area contributed by atoms with Crippen molar-refractivity contribution < 1.29 is 9.90 Å². The molecule has 0 radical (unpaired) electrons. The third kappa shape index (κ3) is 4.33. The Labute approximate surface area is 128 Å². The summed E-state index contributed by atoms with van der Waals surface area (Å²) in [5.41, 5.74) is 1.34. The minimum absolute atomic E-state index is 0.114. The zero-order valence-corrected chi connectivity index (χ0v) is 12.6. The van der Waals surface area contributed by atoms with Crippen LogP contribution in [-0.4, -0.2) is 29.3 Å². The number of carbonyl (C=O) groups excluding carboxylic acids is 1. The van der Waals surface area contributed by atoms with E-state index < -0.39 is 0 Å². The fourth-order valence-electron chi connectivity index (χ4n) is 2.25. The van der Waals surface area contributed by atoms with Gasteiger partial charge in [-0.05, 0) is 24.0 Å². The molecule has 0 spiro atoms. The van der Waals surface area contributed by atoms with E-state index in [2.05, 4.69) is 15.6 Å². The Bertz CT molecular complexity index is 696. The Morgan fingerprint density at radius 2 is 2.09 bits per heavy atom. The first kappa shape index (κ1) is 16.0. The van der Waals surface area contributed by atoms with Gasteiger partial charge in [0.25, 0.3) is 0 Å². The van der Waals surface area contributed by atoms with E-state index in [9.17, 15) is 9.59 Å². The lowest BCUT2D eigenvalue weighted by molar-refractivity contribution is 0.233. The number of aromatic amines is 1. The van der Waals surface area contributed by atoms with Crippen LogP contribution in [0.3, 0.4) is 0 Å². The molecule has 0 saturated heterocycles. The van der Waals surface area contributed by atoms with E-state index in [1.807, 2.05) is 31.2 Å². The smallest absolute Gasteiger partial charge is 0.315 e. The molecule has 22 heavy (non-hydrogen) atoms. The lowest BCUT2D eigenvalue weighted by Crippen LogP contribution is -2.37. The third-order valence-electron chi connectivity index (χ3n) is 3.51. The number of benzene rings is 1. The minimum Gasteiger partial charge on any atom is -0.396 e. The van der Waals surface area contributed by atoms with E-state index in [1.54, 1.807) is 0 Å². The van der Waals surface area contributed by atoms with Gasteiger partial charge in [0, 0.05) is 36.7 Å². The Morgan fingerprint density at radius 1 is 1.32 bits per heavy atom. The van der Waals surface area contributed by atoms with Crippen LogP contribution in [-0.2, 0) is 6.54 Å². The first-order valence-corrected chi connectivity index (χ1v) is 7.33. The number of para-hydroxylation sites is 1. The minimum atomic E-state index is -0.283. The highest BCUT2D eigenvalue weighted by Crippen LogP contribution is 2.14. The van der Waals surface area contributed by atoms with Crippen molar-refractivity contribution in [2.45, 2.75) is 19.9 Å².